The first-order chi connectivity index (χ1) is 15.6. The second kappa shape index (κ2) is 10.4. The molecule has 2 amide bonds. The maximum Gasteiger partial charge on any atom is 0.255 e. The minimum atomic E-state index is -3.85. The van der Waals surface area contributed by atoms with E-state index in [1.165, 1.54) is 25.3 Å². The summed E-state index contributed by atoms with van der Waals surface area (Å²) in [6.07, 6.45) is 3.57. The first-order valence-electron chi connectivity index (χ1n) is 11.0. The molecular weight excluding hydrogens is 442 g/mol. The Labute approximate surface area is 195 Å². The molecule has 0 saturated heterocycles. The molecule has 3 N–H and O–H groups in total. The summed E-state index contributed by atoms with van der Waals surface area (Å²) in [5.74, 6) is -0.602. The third-order valence-electron chi connectivity index (χ3n) is 5.67. The largest absolute Gasteiger partial charge is 0.495 e. The fourth-order valence-electron chi connectivity index (χ4n) is 3.67. The van der Waals surface area contributed by atoms with Crippen LogP contribution in [0.3, 0.4) is 0 Å². The number of nitrogens with one attached hydrogen (secondary N) is 3. The summed E-state index contributed by atoms with van der Waals surface area (Å²) in [5.41, 5.74) is 2.06. The van der Waals surface area contributed by atoms with E-state index in [0.717, 1.165) is 31.2 Å². The second-order valence-corrected chi connectivity index (χ2v) is 10.3. The lowest BCUT2D eigenvalue weighted by Crippen LogP contribution is -2.33. The highest BCUT2D eigenvalue weighted by molar-refractivity contribution is 7.89. The minimum Gasteiger partial charge on any atom is -0.495 e. The van der Waals surface area contributed by atoms with Gasteiger partial charge < -0.3 is 15.4 Å². The third kappa shape index (κ3) is 6.11. The molecule has 0 aliphatic heterocycles. The number of aryl methyl sites for hydroxylation is 1. The molecule has 1 fully saturated rings. The lowest BCUT2D eigenvalue weighted by atomic mass is 10.1. The Morgan fingerprint density at radius 1 is 1.03 bits per heavy atom. The van der Waals surface area contributed by atoms with Crippen LogP contribution in [0.2, 0.25) is 0 Å². The molecule has 1 aliphatic rings. The Hall–Kier alpha value is -2.91. The number of rotatable bonds is 8. The van der Waals surface area contributed by atoms with Crippen LogP contribution in [-0.2, 0) is 14.8 Å². The van der Waals surface area contributed by atoms with Gasteiger partial charge in [-0.1, -0.05) is 32.8 Å². The van der Waals surface area contributed by atoms with E-state index < -0.39 is 15.9 Å². The standard InChI is InChI=1S/C24H31N3O5S/c1-15(2)23(28)25-19-11-9-16(3)20(14-19)26-24(29)17-10-12-21(32-4)22(13-17)33(30,31)27-18-7-5-6-8-18/h9-15,18,27H,5-8H2,1-4H3,(H,25,28)(H,26,29). The van der Waals surface area contributed by atoms with Crippen molar-refractivity contribution in [1.29, 1.82) is 0 Å². The number of anilines is 2. The first kappa shape index (κ1) is 24.7. The van der Waals surface area contributed by atoms with Crippen molar-refractivity contribution in [3.05, 3.63) is 47.5 Å². The monoisotopic (exact) mass is 473 g/mol. The topological polar surface area (TPSA) is 114 Å². The molecule has 0 radical (unpaired) electrons. The summed E-state index contributed by atoms with van der Waals surface area (Å²) in [4.78, 5) is 24.9. The molecular formula is C24H31N3O5S. The SMILES string of the molecule is COc1ccc(C(=O)Nc2cc(NC(=O)C(C)C)ccc2C)cc1S(=O)(=O)NC1CCCC1. The van der Waals surface area contributed by atoms with Crippen LogP contribution in [0.1, 0.15) is 55.5 Å². The minimum absolute atomic E-state index is 0.0702. The van der Waals surface area contributed by atoms with Gasteiger partial charge in [0.2, 0.25) is 15.9 Å². The van der Waals surface area contributed by atoms with Crippen LogP contribution in [0.15, 0.2) is 41.3 Å². The van der Waals surface area contributed by atoms with Gasteiger partial charge in [0.1, 0.15) is 10.6 Å². The van der Waals surface area contributed by atoms with E-state index >= 15 is 0 Å². The van der Waals surface area contributed by atoms with Crippen molar-refractivity contribution < 1.29 is 22.7 Å². The highest BCUT2D eigenvalue weighted by atomic mass is 32.2. The molecule has 0 heterocycles. The van der Waals surface area contributed by atoms with E-state index in [2.05, 4.69) is 15.4 Å². The highest BCUT2D eigenvalue weighted by Crippen LogP contribution is 2.28. The molecule has 0 aromatic heterocycles. The molecule has 0 unspecified atom stereocenters. The molecule has 0 atom stereocenters. The first-order valence-corrected chi connectivity index (χ1v) is 12.5. The maximum atomic E-state index is 13.0. The summed E-state index contributed by atoms with van der Waals surface area (Å²) in [6.45, 7) is 5.42. The zero-order valence-electron chi connectivity index (χ0n) is 19.4. The molecule has 8 nitrogen and oxygen atoms in total. The van der Waals surface area contributed by atoms with Crippen molar-refractivity contribution in [3.63, 3.8) is 0 Å². The number of sulfonamides is 1. The quantitative estimate of drug-likeness (QED) is 0.535. The fourth-order valence-corrected chi connectivity index (χ4v) is 5.17. The maximum absolute atomic E-state index is 13.0. The molecule has 178 valence electrons. The van der Waals surface area contributed by atoms with Gasteiger partial charge in [0, 0.05) is 28.9 Å². The Kier molecular flexibility index (Phi) is 7.76. The Balaban J connectivity index is 1.84. The number of ether oxygens (including phenoxy) is 1. The molecule has 1 aliphatic carbocycles. The van der Waals surface area contributed by atoms with Crippen LogP contribution in [0, 0.1) is 12.8 Å². The van der Waals surface area contributed by atoms with Gasteiger partial charge in [0.05, 0.1) is 7.11 Å². The van der Waals surface area contributed by atoms with E-state index in [9.17, 15) is 18.0 Å². The van der Waals surface area contributed by atoms with Crippen LogP contribution in [0.5, 0.6) is 5.75 Å². The van der Waals surface area contributed by atoms with E-state index in [1.807, 2.05) is 6.92 Å². The van der Waals surface area contributed by atoms with Crippen LogP contribution < -0.4 is 20.1 Å². The van der Waals surface area contributed by atoms with Crippen LogP contribution in [-0.4, -0.2) is 33.4 Å². The normalized spacial score (nSPS) is 14.3. The summed E-state index contributed by atoms with van der Waals surface area (Å²) in [5, 5.41) is 5.62. The molecule has 2 aromatic carbocycles. The number of amides is 2. The van der Waals surface area contributed by atoms with Crippen molar-refractivity contribution in [2.75, 3.05) is 17.7 Å². The Morgan fingerprint density at radius 3 is 2.36 bits per heavy atom. The Bertz CT molecular complexity index is 1140. The Morgan fingerprint density at radius 2 is 1.73 bits per heavy atom. The van der Waals surface area contributed by atoms with Crippen molar-refractivity contribution in [2.24, 2.45) is 5.92 Å². The van der Waals surface area contributed by atoms with E-state index in [1.54, 1.807) is 32.0 Å². The molecule has 3 rings (SSSR count). The lowest BCUT2D eigenvalue weighted by Gasteiger charge is -2.16. The summed E-state index contributed by atoms with van der Waals surface area (Å²) in [6, 6.07) is 9.44. The smallest absolute Gasteiger partial charge is 0.255 e. The summed E-state index contributed by atoms with van der Waals surface area (Å²) >= 11 is 0. The van der Waals surface area contributed by atoms with Gasteiger partial charge in [-0.25, -0.2) is 13.1 Å². The van der Waals surface area contributed by atoms with E-state index in [0.29, 0.717) is 11.4 Å². The molecule has 2 aromatic rings. The van der Waals surface area contributed by atoms with Crippen molar-refractivity contribution >= 4 is 33.2 Å². The predicted octanol–water partition coefficient (Wildman–Crippen LogP) is 4.07. The number of hydrogen-bond acceptors (Lipinski definition) is 5. The summed E-state index contributed by atoms with van der Waals surface area (Å²) in [7, 11) is -2.46. The number of methoxy groups -OCH3 is 1. The van der Waals surface area contributed by atoms with Crippen molar-refractivity contribution in [2.45, 2.75) is 57.4 Å². The van der Waals surface area contributed by atoms with Gasteiger partial charge >= 0.3 is 0 Å². The second-order valence-electron chi connectivity index (χ2n) is 8.60. The van der Waals surface area contributed by atoms with Crippen molar-refractivity contribution in [1.82, 2.24) is 4.72 Å². The number of carbonyl (C=O) groups excluding carboxylic acids is 2. The van der Waals surface area contributed by atoms with Gasteiger partial charge in [-0.15, -0.1) is 0 Å². The van der Waals surface area contributed by atoms with E-state index in [4.69, 9.17) is 4.74 Å². The van der Waals surface area contributed by atoms with Gasteiger partial charge in [0.25, 0.3) is 5.91 Å². The molecule has 0 bridgehead atoms. The van der Waals surface area contributed by atoms with Gasteiger partial charge in [-0.2, -0.15) is 0 Å². The fraction of sp³-hybridized carbons (Fsp3) is 0.417. The van der Waals surface area contributed by atoms with E-state index in [-0.39, 0.29) is 34.1 Å². The average molecular weight is 474 g/mol. The zero-order valence-corrected chi connectivity index (χ0v) is 20.2. The third-order valence-corrected chi connectivity index (χ3v) is 7.21. The molecule has 9 heteroatoms. The number of carbonyl (C=O) groups is 2. The molecule has 33 heavy (non-hydrogen) atoms. The zero-order chi connectivity index (χ0) is 24.2. The van der Waals surface area contributed by atoms with Crippen LogP contribution in [0.4, 0.5) is 11.4 Å². The summed E-state index contributed by atoms with van der Waals surface area (Å²) < 4.78 is 34.0. The van der Waals surface area contributed by atoms with Crippen LogP contribution >= 0.6 is 0 Å². The van der Waals surface area contributed by atoms with Gasteiger partial charge in [0.15, 0.2) is 0 Å². The average Bonchev–Trinajstić information content (AvgIpc) is 3.27. The number of benzene rings is 2. The lowest BCUT2D eigenvalue weighted by molar-refractivity contribution is -0.118. The van der Waals surface area contributed by atoms with Crippen LogP contribution in [0.25, 0.3) is 0 Å². The predicted molar refractivity (Wildman–Crippen MR) is 128 cm³/mol. The van der Waals surface area contributed by atoms with Gasteiger partial charge in [-0.05, 0) is 55.7 Å². The molecule has 1 saturated carbocycles. The number of hydrogen-bond donors (Lipinski definition) is 3. The highest BCUT2D eigenvalue weighted by Gasteiger charge is 2.26. The van der Waals surface area contributed by atoms with Gasteiger partial charge in [-0.3, -0.25) is 9.59 Å². The molecule has 0 spiro atoms. The van der Waals surface area contributed by atoms with Crippen molar-refractivity contribution in [3.8, 4) is 5.75 Å².